The van der Waals surface area contributed by atoms with Gasteiger partial charge in [0.25, 0.3) is 0 Å². The lowest BCUT2D eigenvalue weighted by atomic mass is 10.0. The number of aromatic nitrogens is 1. The zero-order valence-corrected chi connectivity index (χ0v) is 17.6. The number of aryl methyl sites for hydroxylation is 2. The number of ether oxygens (including phenoxy) is 1. The monoisotopic (exact) mass is 382 g/mol. The first-order chi connectivity index (χ1) is 12.7. The van der Waals surface area contributed by atoms with Crippen LogP contribution in [0, 0.1) is 25.2 Å². The lowest BCUT2D eigenvalue weighted by Crippen LogP contribution is -2.24. The normalized spacial score (nSPS) is 15.2. The lowest BCUT2D eigenvalue weighted by molar-refractivity contribution is 0.429. The molecule has 1 aliphatic carbocycles. The Bertz CT molecular complexity index is 919. The van der Waals surface area contributed by atoms with E-state index in [1.165, 1.54) is 11.5 Å². The second-order valence-corrected chi connectivity index (χ2v) is 8.61. The number of hydrogen-bond donors (Lipinski definition) is 0. The van der Waals surface area contributed by atoms with Gasteiger partial charge >= 0.3 is 0 Å². The van der Waals surface area contributed by atoms with Gasteiger partial charge in [-0.3, -0.25) is 0 Å². The van der Waals surface area contributed by atoms with Gasteiger partial charge in [-0.1, -0.05) is 6.92 Å². The summed E-state index contributed by atoms with van der Waals surface area (Å²) in [5.74, 6) is 0.747. The first-order valence-corrected chi connectivity index (χ1v) is 9.98. The minimum Gasteiger partial charge on any atom is -0.443 e. The van der Waals surface area contributed by atoms with Crippen LogP contribution < -0.4 is 4.74 Å². The Morgan fingerprint density at radius 2 is 2.04 bits per heavy atom. The molecule has 5 nitrogen and oxygen atoms in total. The van der Waals surface area contributed by atoms with E-state index in [1.807, 2.05) is 39.4 Å². The van der Waals surface area contributed by atoms with Crippen molar-refractivity contribution in [2.24, 2.45) is 4.99 Å². The predicted octanol–water partition coefficient (Wildman–Crippen LogP) is 5.48. The van der Waals surface area contributed by atoms with Crippen LogP contribution in [0.25, 0.3) is 0 Å². The second-order valence-electron chi connectivity index (χ2n) is 7.88. The molecule has 142 valence electrons. The zero-order chi connectivity index (χ0) is 19.8. The topological polar surface area (TPSA) is 61.5 Å². The first kappa shape index (κ1) is 19.4. The van der Waals surface area contributed by atoms with Gasteiger partial charge in [-0.05, 0) is 63.8 Å². The van der Waals surface area contributed by atoms with Gasteiger partial charge in [-0.15, -0.1) is 0 Å². The molecule has 1 fully saturated rings. The van der Waals surface area contributed by atoms with Gasteiger partial charge in [0.2, 0.25) is 5.06 Å². The van der Waals surface area contributed by atoms with Crippen molar-refractivity contribution in [3.05, 3.63) is 34.5 Å². The maximum Gasteiger partial charge on any atom is 0.218 e. The van der Waals surface area contributed by atoms with Crippen molar-refractivity contribution >= 4 is 23.6 Å². The summed E-state index contributed by atoms with van der Waals surface area (Å²) >= 11 is 1.27. The van der Waals surface area contributed by atoms with E-state index in [4.69, 9.17) is 4.74 Å². The third-order valence-corrected chi connectivity index (χ3v) is 5.96. The van der Waals surface area contributed by atoms with Crippen LogP contribution in [-0.2, 0) is 5.41 Å². The van der Waals surface area contributed by atoms with Gasteiger partial charge in [0.1, 0.15) is 17.4 Å². The minimum absolute atomic E-state index is 0.0507. The second kappa shape index (κ2) is 7.32. The van der Waals surface area contributed by atoms with Crippen molar-refractivity contribution in [2.45, 2.75) is 58.9 Å². The Morgan fingerprint density at radius 1 is 1.33 bits per heavy atom. The third-order valence-electron chi connectivity index (χ3n) is 5.23. The molecule has 0 N–H and O–H groups in total. The molecule has 3 rings (SSSR count). The number of rotatable bonds is 6. The molecular weight excluding hydrogens is 356 g/mol. The van der Waals surface area contributed by atoms with Crippen molar-refractivity contribution in [1.82, 2.24) is 9.27 Å². The Balaban J connectivity index is 1.86. The number of benzene rings is 1. The molecule has 0 amide bonds. The van der Waals surface area contributed by atoms with Crippen molar-refractivity contribution in [3.8, 4) is 16.9 Å². The highest BCUT2D eigenvalue weighted by molar-refractivity contribution is 7.08. The number of nitrogens with zero attached hydrogens (tertiary/aromatic N) is 4. The van der Waals surface area contributed by atoms with E-state index < -0.39 is 0 Å². The van der Waals surface area contributed by atoms with E-state index in [1.54, 1.807) is 0 Å². The highest BCUT2D eigenvalue weighted by Crippen LogP contribution is 2.51. The molecule has 0 aliphatic heterocycles. The molecule has 1 aromatic carbocycles. The van der Waals surface area contributed by atoms with E-state index in [0.29, 0.717) is 16.7 Å². The number of hydrogen-bond acceptors (Lipinski definition) is 5. The van der Waals surface area contributed by atoms with Crippen LogP contribution in [0.15, 0.2) is 17.1 Å². The molecular formula is C21H26N4OS. The van der Waals surface area contributed by atoms with Crippen molar-refractivity contribution < 1.29 is 4.74 Å². The van der Waals surface area contributed by atoms with Crippen LogP contribution in [0.5, 0.6) is 10.8 Å². The SMILES string of the molecule is Cc1cc(Oc2snc(C3(C)CC3)c2C#N)c(C)cc1/N=C\N(C)C(C)C. The van der Waals surface area contributed by atoms with Gasteiger partial charge in [-0.25, -0.2) is 4.99 Å². The van der Waals surface area contributed by atoms with Gasteiger partial charge in [-0.2, -0.15) is 9.64 Å². The molecule has 0 atom stereocenters. The van der Waals surface area contributed by atoms with Crippen LogP contribution >= 0.6 is 11.5 Å². The molecule has 1 aliphatic rings. The van der Waals surface area contributed by atoms with Gasteiger partial charge in [0, 0.05) is 30.0 Å². The molecule has 1 aromatic heterocycles. The van der Waals surface area contributed by atoms with Crippen molar-refractivity contribution in [2.75, 3.05) is 7.05 Å². The fraction of sp³-hybridized carbons (Fsp3) is 0.476. The predicted molar refractivity (Wildman–Crippen MR) is 110 cm³/mol. The van der Waals surface area contributed by atoms with Crippen molar-refractivity contribution in [1.29, 1.82) is 5.26 Å². The average molecular weight is 383 g/mol. The number of aliphatic imine (C=N–C) groups is 1. The van der Waals surface area contributed by atoms with E-state index in [0.717, 1.165) is 41.1 Å². The summed E-state index contributed by atoms with van der Waals surface area (Å²) in [6.07, 6.45) is 4.02. The summed E-state index contributed by atoms with van der Waals surface area (Å²) < 4.78 is 10.6. The summed E-state index contributed by atoms with van der Waals surface area (Å²) in [5, 5.41) is 10.2. The highest BCUT2D eigenvalue weighted by Gasteiger charge is 2.44. The smallest absolute Gasteiger partial charge is 0.218 e. The summed E-state index contributed by atoms with van der Waals surface area (Å²) in [5.41, 5.74) is 4.45. The molecule has 0 bridgehead atoms. The lowest BCUT2D eigenvalue weighted by Gasteiger charge is -2.17. The van der Waals surface area contributed by atoms with E-state index in [9.17, 15) is 5.26 Å². The molecule has 0 radical (unpaired) electrons. The molecule has 0 saturated heterocycles. The first-order valence-electron chi connectivity index (χ1n) is 9.20. The van der Waals surface area contributed by atoms with Gasteiger partial charge in [0.15, 0.2) is 0 Å². The summed E-state index contributed by atoms with van der Waals surface area (Å²) in [6.45, 7) is 10.4. The molecule has 27 heavy (non-hydrogen) atoms. The van der Waals surface area contributed by atoms with E-state index in [2.05, 4.69) is 41.1 Å². The molecule has 0 spiro atoms. The summed E-state index contributed by atoms with van der Waals surface area (Å²) in [7, 11) is 2.01. The quantitative estimate of drug-likeness (QED) is 0.490. The Morgan fingerprint density at radius 3 is 2.63 bits per heavy atom. The summed E-state index contributed by atoms with van der Waals surface area (Å²) in [4.78, 5) is 6.66. The maximum atomic E-state index is 9.60. The van der Waals surface area contributed by atoms with Gasteiger partial charge in [0.05, 0.1) is 17.7 Å². The molecule has 1 saturated carbocycles. The molecule has 2 aromatic rings. The highest BCUT2D eigenvalue weighted by atomic mass is 32.1. The fourth-order valence-electron chi connectivity index (χ4n) is 2.69. The molecule has 0 unspecified atom stereocenters. The fourth-order valence-corrected chi connectivity index (χ4v) is 3.54. The van der Waals surface area contributed by atoms with Crippen molar-refractivity contribution in [3.63, 3.8) is 0 Å². The van der Waals surface area contributed by atoms with Crippen LogP contribution in [0.3, 0.4) is 0 Å². The van der Waals surface area contributed by atoms with E-state index in [-0.39, 0.29) is 5.41 Å². The maximum absolute atomic E-state index is 9.60. The van der Waals surface area contributed by atoms with Crippen LogP contribution in [0.1, 0.15) is 56.0 Å². The minimum atomic E-state index is 0.0507. The Labute approximate surface area is 165 Å². The number of nitriles is 1. The van der Waals surface area contributed by atoms with Crippen LogP contribution in [-0.4, -0.2) is 28.7 Å². The zero-order valence-electron chi connectivity index (χ0n) is 16.8. The molecule has 6 heteroatoms. The van der Waals surface area contributed by atoms with Crippen LogP contribution in [0.2, 0.25) is 0 Å². The van der Waals surface area contributed by atoms with E-state index >= 15 is 0 Å². The molecule has 1 heterocycles. The van der Waals surface area contributed by atoms with Crippen LogP contribution in [0.4, 0.5) is 5.69 Å². The Kier molecular flexibility index (Phi) is 5.25. The third kappa shape index (κ3) is 3.98. The summed E-state index contributed by atoms with van der Waals surface area (Å²) in [6, 6.07) is 6.69. The average Bonchev–Trinajstić information content (AvgIpc) is 3.23. The Hall–Kier alpha value is -2.39. The largest absolute Gasteiger partial charge is 0.443 e. The standard InChI is InChI=1S/C21H26N4OS/c1-13(2)25(6)12-23-17-9-15(4)18(10-14(17)3)26-20-16(11-22)19(24-27-20)21(5)7-8-21/h9-10,12-13H,7-8H2,1-6H3/b23-12-. The van der Waals surface area contributed by atoms with Gasteiger partial charge < -0.3 is 9.64 Å².